The fraction of sp³-hybridized carbons (Fsp3) is 0.478. The van der Waals surface area contributed by atoms with Gasteiger partial charge in [-0.1, -0.05) is 24.3 Å². The molecule has 5 rings (SSSR count). The van der Waals surface area contributed by atoms with E-state index in [1.54, 1.807) is 30.5 Å². The van der Waals surface area contributed by atoms with Crippen LogP contribution in [0.1, 0.15) is 31.2 Å². The summed E-state index contributed by atoms with van der Waals surface area (Å²) in [6.45, 7) is 0.968. The van der Waals surface area contributed by atoms with Gasteiger partial charge in [0.15, 0.2) is 5.65 Å². The summed E-state index contributed by atoms with van der Waals surface area (Å²) in [7, 11) is 0. The summed E-state index contributed by atoms with van der Waals surface area (Å²) >= 11 is 0. The largest absolute Gasteiger partial charge is 0.390 e. The van der Waals surface area contributed by atoms with Crippen molar-refractivity contribution in [1.82, 2.24) is 19.1 Å². The quantitative estimate of drug-likeness (QED) is 0.627. The van der Waals surface area contributed by atoms with Crippen molar-refractivity contribution in [2.45, 2.75) is 63.1 Å². The number of fused-ring (bicyclic) bond motifs is 3. The normalized spacial score (nSPS) is 24.6. The van der Waals surface area contributed by atoms with Crippen LogP contribution in [0.5, 0.6) is 0 Å². The standard InChI is InChI=1S/C23H27FN4O3/c24-21-6-2-1-5-16(21)15-31-20-11-17-8-9-18(12-20)27(17)13-19(29)14-28-23(30)26-10-4-3-7-22(26)25-28/h1-7,10,17-20,29H,8-9,11-15H2. The molecule has 0 amide bonds. The molecule has 31 heavy (non-hydrogen) atoms. The number of aliphatic hydroxyl groups excluding tert-OH is 1. The van der Waals surface area contributed by atoms with Crippen LogP contribution in [0.4, 0.5) is 4.39 Å². The number of aliphatic hydroxyl groups is 1. The fourth-order valence-electron chi connectivity index (χ4n) is 5.07. The lowest BCUT2D eigenvalue weighted by Crippen LogP contribution is -2.49. The zero-order valence-corrected chi connectivity index (χ0v) is 17.3. The predicted molar refractivity (Wildman–Crippen MR) is 113 cm³/mol. The maximum absolute atomic E-state index is 13.8. The van der Waals surface area contributed by atoms with Gasteiger partial charge in [0.2, 0.25) is 0 Å². The minimum absolute atomic E-state index is 0.103. The first kappa shape index (κ1) is 20.4. The van der Waals surface area contributed by atoms with Crippen molar-refractivity contribution < 1.29 is 14.2 Å². The molecular formula is C23H27FN4O3. The topological polar surface area (TPSA) is 72.0 Å². The van der Waals surface area contributed by atoms with Crippen molar-refractivity contribution in [3.05, 3.63) is 70.5 Å². The first-order valence-corrected chi connectivity index (χ1v) is 10.9. The summed E-state index contributed by atoms with van der Waals surface area (Å²) in [5.74, 6) is -0.229. The van der Waals surface area contributed by atoms with E-state index < -0.39 is 6.10 Å². The summed E-state index contributed by atoms with van der Waals surface area (Å²) in [6.07, 6.45) is 5.02. The second kappa shape index (κ2) is 8.53. The third kappa shape index (κ3) is 4.15. The van der Waals surface area contributed by atoms with Crippen molar-refractivity contribution in [1.29, 1.82) is 0 Å². The number of hydrogen-bond donors (Lipinski definition) is 1. The second-order valence-corrected chi connectivity index (χ2v) is 8.62. The van der Waals surface area contributed by atoms with Gasteiger partial charge in [-0.25, -0.2) is 13.9 Å². The van der Waals surface area contributed by atoms with E-state index in [1.165, 1.54) is 15.1 Å². The Morgan fingerprint density at radius 2 is 1.84 bits per heavy atom. The number of aromatic nitrogens is 3. The average molecular weight is 426 g/mol. The van der Waals surface area contributed by atoms with Gasteiger partial charge in [0.1, 0.15) is 5.82 Å². The minimum atomic E-state index is -0.679. The molecule has 0 radical (unpaired) electrons. The fourth-order valence-corrected chi connectivity index (χ4v) is 5.07. The van der Waals surface area contributed by atoms with Gasteiger partial charge < -0.3 is 9.84 Å². The zero-order valence-electron chi connectivity index (χ0n) is 17.3. The first-order chi connectivity index (χ1) is 15.1. The molecule has 3 aromatic rings. The van der Waals surface area contributed by atoms with Crippen LogP contribution in [0.3, 0.4) is 0 Å². The molecular weight excluding hydrogens is 399 g/mol. The van der Waals surface area contributed by atoms with E-state index in [9.17, 15) is 14.3 Å². The number of halogens is 1. The van der Waals surface area contributed by atoms with Crippen LogP contribution in [0, 0.1) is 5.82 Å². The highest BCUT2D eigenvalue weighted by atomic mass is 19.1. The van der Waals surface area contributed by atoms with Crippen LogP contribution >= 0.6 is 0 Å². The van der Waals surface area contributed by atoms with Gasteiger partial charge >= 0.3 is 5.69 Å². The van der Waals surface area contributed by atoms with E-state index in [2.05, 4.69) is 10.00 Å². The van der Waals surface area contributed by atoms with Gasteiger partial charge in [-0.15, -0.1) is 5.10 Å². The highest BCUT2D eigenvalue weighted by molar-refractivity contribution is 5.35. The number of hydrogen-bond acceptors (Lipinski definition) is 5. The van der Waals surface area contributed by atoms with Crippen LogP contribution in [0.25, 0.3) is 5.65 Å². The van der Waals surface area contributed by atoms with Gasteiger partial charge in [-0.3, -0.25) is 9.30 Å². The smallest absolute Gasteiger partial charge is 0.350 e. The molecule has 3 unspecified atom stereocenters. The van der Waals surface area contributed by atoms with E-state index in [0.717, 1.165) is 25.7 Å². The average Bonchev–Trinajstić information content (AvgIpc) is 3.19. The Morgan fingerprint density at radius 1 is 1.10 bits per heavy atom. The minimum Gasteiger partial charge on any atom is -0.390 e. The summed E-state index contributed by atoms with van der Waals surface area (Å²) in [6, 6.07) is 12.8. The molecule has 1 aromatic carbocycles. The van der Waals surface area contributed by atoms with E-state index in [4.69, 9.17) is 4.74 Å². The van der Waals surface area contributed by atoms with E-state index >= 15 is 0 Å². The Labute approximate surface area is 179 Å². The van der Waals surface area contributed by atoms with Crippen LogP contribution in [0.15, 0.2) is 53.5 Å². The molecule has 7 nitrogen and oxygen atoms in total. The lowest BCUT2D eigenvalue weighted by Gasteiger charge is -2.39. The molecule has 2 fully saturated rings. The third-order valence-corrected chi connectivity index (χ3v) is 6.57. The molecule has 0 spiro atoms. The second-order valence-electron chi connectivity index (χ2n) is 8.62. The Kier molecular flexibility index (Phi) is 5.60. The van der Waals surface area contributed by atoms with Gasteiger partial charge in [-0.2, -0.15) is 0 Å². The number of nitrogens with zero attached hydrogens (tertiary/aromatic N) is 4. The van der Waals surface area contributed by atoms with Crippen molar-refractivity contribution in [2.75, 3.05) is 6.54 Å². The molecule has 1 N–H and O–H groups in total. The number of benzene rings is 1. The van der Waals surface area contributed by atoms with Gasteiger partial charge in [0, 0.05) is 30.4 Å². The molecule has 4 heterocycles. The zero-order chi connectivity index (χ0) is 21.4. The molecule has 2 aromatic heterocycles. The van der Waals surface area contributed by atoms with Crippen molar-refractivity contribution >= 4 is 5.65 Å². The van der Waals surface area contributed by atoms with Crippen molar-refractivity contribution in [2.24, 2.45) is 0 Å². The highest BCUT2D eigenvalue weighted by Gasteiger charge is 2.41. The summed E-state index contributed by atoms with van der Waals surface area (Å²) < 4.78 is 22.7. The van der Waals surface area contributed by atoms with E-state index in [-0.39, 0.29) is 30.8 Å². The number of pyridine rings is 1. The molecule has 3 atom stereocenters. The van der Waals surface area contributed by atoms with Crippen LogP contribution in [-0.4, -0.2) is 55.0 Å². The molecule has 8 heteroatoms. The molecule has 164 valence electrons. The lowest BCUT2D eigenvalue weighted by atomic mass is 9.99. The van der Waals surface area contributed by atoms with Gasteiger partial charge in [0.25, 0.3) is 0 Å². The third-order valence-electron chi connectivity index (χ3n) is 6.57. The van der Waals surface area contributed by atoms with Crippen LogP contribution in [0.2, 0.25) is 0 Å². The molecule has 0 saturated carbocycles. The SMILES string of the molecule is O=c1n(CC(O)CN2C3CCC2CC(OCc2ccccc2F)C3)nc2ccccn12. The van der Waals surface area contributed by atoms with E-state index in [0.29, 0.717) is 29.8 Å². The first-order valence-electron chi connectivity index (χ1n) is 10.9. The summed E-state index contributed by atoms with van der Waals surface area (Å²) in [4.78, 5) is 14.8. The number of rotatable bonds is 7. The predicted octanol–water partition coefficient (Wildman–Crippen LogP) is 2.21. The van der Waals surface area contributed by atoms with Crippen LogP contribution in [-0.2, 0) is 17.9 Å². The van der Waals surface area contributed by atoms with E-state index in [1.807, 2.05) is 12.1 Å². The Morgan fingerprint density at radius 3 is 2.58 bits per heavy atom. The Balaban J connectivity index is 1.18. The molecule has 2 saturated heterocycles. The van der Waals surface area contributed by atoms with Gasteiger partial charge in [-0.05, 0) is 43.9 Å². The highest BCUT2D eigenvalue weighted by Crippen LogP contribution is 2.37. The Hall–Kier alpha value is -2.55. The van der Waals surface area contributed by atoms with Crippen molar-refractivity contribution in [3.63, 3.8) is 0 Å². The summed E-state index contributed by atoms with van der Waals surface area (Å²) in [5, 5.41) is 15.0. The van der Waals surface area contributed by atoms with Crippen molar-refractivity contribution in [3.8, 4) is 0 Å². The lowest BCUT2D eigenvalue weighted by molar-refractivity contribution is -0.0408. The monoisotopic (exact) mass is 426 g/mol. The maximum atomic E-state index is 13.8. The number of piperidine rings is 1. The molecule has 0 aliphatic carbocycles. The molecule has 2 aliphatic rings. The maximum Gasteiger partial charge on any atom is 0.350 e. The Bertz CT molecular complexity index is 1100. The molecule has 2 aliphatic heterocycles. The van der Waals surface area contributed by atoms with Gasteiger partial charge in [0.05, 0.1) is 25.4 Å². The van der Waals surface area contributed by atoms with Crippen LogP contribution < -0.4 is 5.69 Å². The summed E-state index contributed by atoms with van der Waals surface area (Å²) in [5.41, 5.74) is 0.927. The molecule has 2 bridgehead atoms. The number of ether oxygens (including phenoxy) is 1.